The number of ether oxygens (including phenoxy) is 2. The van der Waals surface area contributed by atoms with Crippen molar-refractivity contribution in [1.82, 2.24) is 0 Å². The van der Waals surface area contributed by atoms with Gasteiger partial charge in [0.15, 0.2) is 0 Å². The summed E-state index contributed by atoms with van der Waals surface area (Å²) in [4.78, 5) is 0. The number of benzene rings is 1. The van der Waals surface area contributed by atoms with Gasteiger partial charge in [0.1, 0.15) is 11.4 Å². The molecule has 1 N–H and O–H groups in total. The lowest BCUT2D eigenvalue weighted by Crippen LogP contribution is -2.44. The molecule has 1 aliphatic rings. The first kappa shape index (κ1) is 11.4. The molecule has 1 aliphatic heterocycles. The number of para-hydroxylation sites is 1. The summed E-state index contributed by atoms with van der Waals surface area (Å²) in [6.45, 7) is 2.56. The zero-order valence-electron chi connectivity index (χ0n) is 9.77. The van der Waals surface area contributed by atoms with Gasteiger partial charge < -0.3 is 14.6 Å². The Hall–Kier alpha value is -1.06. The minimum atomic E-state index is -0.458. The van der Waals surface area contributed by atoms with E-state index in [1.807, 2.05) is 24.3 Å². The van der Waals surface area contributed by atoms with Crippen LogP contribution in [-0.4, -0.2) is 24.4 Å². The first-order chi connectivity index (χ1) is 7.71. The summed E-state index contributed by atoms with van der Waals surface area (Å²) in [5.41, 5.74) is 0.491. The molecule has 0 bridgehead atoms. The van der Waals surface area contributed by atoms with Crippen LogP contribution in [0, 0.1) is 0 Å². The molecule has 1 unspecified atom stereocenters. The van der Waals surface area contributed by atoms with E-state index in [1.165, 1.54) is 0 Å². The molecule has 0 saturated heterocycles. The number of hydrogen-bond acceptors (Lipinski definition) is 3. The molecule has 2 rings (SSSR count). The Morgan fingerprint density at radius 2 is 2.25 bits per heavy atom. The van der Waals surface area contributed by atoms with E-state index in [-0.39, 0.29) is 5.60 Å². The van der Waals surface area contributed by atoms with Crippen LogP contribution >= 0.6 is 0 Å². The number of hydrogen-bond donors (Lipinski definition) is 1. The molecule has 1 aromatic rings. The molecule has 2 atom stereocenters. The Bertz CT molecular complexity index is 364. The molecule has 16 heavy (non-hydrogen) atoms. The number of rotatable bonds is 3. The second kappa shape index (κ2) is 4.44. The van der Waals surface area contributed by atoms with Crippen molar-refractivity contribution in [2.24, 2.45) is 0 Å². The van der Waals surface area contributed by atoms with Gasteiger partial charge in [-0.2, -0.15) is 0 Å². The maximum absolute atomic E-state index is 10.1. The fourth-order valence-electron chi connectivity index (χ4n) is 2.26. The van der Waals surface area contributed by atoms with Crippen LogP contribution in [0.3, 0.4) is 0 Å². The van der Waals surface area contributed by atoms with Gasteiger partial charge in [-0.05, 0) is 12.5 Å². The molecule has 1 heterocycles. The first-order valence-corrected chi connectivity index (χ1v) is 5.66. The van der Waals surface area contributed by atoms with Crippen molar-refractivity contribution in [3.05, 3.63) is 29.8 Å². The van der Waals surface area contributed by atoms with Gasteiger partial charge in [0.25, 0.3) is 0 Å². The van der Waals surface area contributed by atoms with Crippen molar-refractivity contribution in [2.45, 2.75) is 31.5 Å². The van der Waals surface area contributed by atoms with Gasteiger partial charge in [0.2, 0.25) is 0 Å². The molecular formula is C13H18O3. The summed E-state index contributed by atoms with van der Waals surface area (Å²) in [7, 11) is 1.66. The van der Waals surface area contributed by atoms with Gasteiger partial charge in [-0.1, -0.05) is 25.1 Å². The minimum absolute atomic E-state index is 0.386. The maximum atomic E-state index is 10.1. The average molecular weight is 222 g/mol. The molecule has 3 heteroatoms. The Kier molecular flexibility index (Phi) is 3.17. The number of methoxy groups -OCH3 is 1. The van der Waals surface area contributed by atoms with Crippen LogP contribution in [0.25, 0.3) is 0 Å². The molecular weight excluding hydrogens is 204 g/mol. The topological polar surface area (TPSA) is 38.7 Å². The summed E-state index contributed by atoms with van der Waals surface area (Å²) < 4.78 is 11.2. The molecule has 0 aliphatic carbocycles. The Morgan fingerprint density at radius 3 is 2.94 bits per heavy atom. The molecule has 0 amide bonds. The average Bonchev–Trinajstić information content (AvgIpc) is 2.29. The SMILES string of the molecule is CCC1(COC)C[C@@H](O)c2ccccc2O1. The third-order valence-electron chi connectivity index (χ3n) is 3.22. The lowest BCUT2D eigenvalue weighted by atomic mass is 9.87. The highest BCUT2D eigenvalue weighted by molar-refractivity contribution is 5.37. The van der Waals surface area contributed by atoms with E-state index in [0.717, 1.165) is 17.7 Å². The smallest absolute Gasteiger partial charge is 0.135 e. The van der Waals surface area contributed by atoms with E-state index >= 15 is 0 Å². The zero-order valence-corrected chi connectivity index (χ0v) is 9.77. The van der Waals surface area contributed by atoms with Crippen LogP contribution in [0.1, 0.15) is 31.4 Å². The second-order valence-corrected chi connectivity index (χ2v) is 4.33. The van der Waals surface area contributed by atoms with E-state index < -0.39 is 6.10 Å². The van der Waals surface area contributed by atoms with Crippen LogP contribution in [-0.2, 0) is 4.74 Å². The van der Waals surface area contributed by atoms with Gasteiger partial charge >= 0.3 is 0 Å². The Morgan fingerprint density at radius 1 is 1.50 bits per heavy atom. The number of aliphatic hydroxyl groups excluding tert-OH is 1. The third-order valence-corrected chi connectivity index (χ3v) is 3.22. The lowest BCUT2D eigenvalue weighted by Gasteiger charge is -2.39. The van der Waals surface area contributed by atoms with Crippen LogP contribution in [0.2, 0.25) is 0 Å². The third kappa shape index (κ3) is 1.93. The molecule has 0 aromatic heterocycles. The van der Waals surface area contributed by atoms with Crippen molar-refractivity contribution < 1.29 is 14.6 Å². The van der Waals surface area contributed by atoms with E-state index in [4.69, 9.17) is 9.47 Å². The predicted molar refractivity (Wildman–Crippen MR) is 61.5 cm³/mol. The molecule has 0 saturated carbocycles. The van der Waals surface area contributed by atoms with Gasteiger partial charge in [-0.15, -0.1) is 0 Å². The van der Waals surface area contributed by atoms with Gasteiger partial charge in [-0.25, -0.2) is 0 Å². The Balaban J connectivity index is 2.32. The molecule has 0 radical (unpaired) electrons. The zero-order chi connectivity index (χ0) is 11.6. The highest BCUT2D eigenvalue weighted by atomic mass is 16.5. The minimum Gasteiger partial charge on any atom is -0.484 e. The fraction of sp³-hybridized carbons (Fsp3) is 0.538. The van der Waals surface area contributed by atoms with E-state index in [1.54, 1.807) is 7.11 Å². The van der Waals surface area contributed by atoms with Crippen molar-refractivity contribution in [3.63, 3.8) is 0 Å². The molecule has 88 valence electrons. The number of fused-ring (bicyclic) bond motifs is 1. The Labute approximate surface area is 96.0 Å². The number of aliphatic hydroxyl groups is 1. The van der Waals surface area contributed by atoms with E-state index in [9.17, 15) is 5.11 Å². The van der Waals surface area contributed by atoms with Crippen molar-refractivity contribution in [2.75, 3.05) is 13.7 Å². The summed E-state index contributed by atoms with van der Waals surface area (Å²) in [5, 5.41) is 10.1. The highest BCUT2D eigenvalue weighted by Crippen LogP contribution is 2.40. The lowest BCUT2D eigenvalue weighted by molar-refractivity contribution is -0.0626. The highest BCUT2D eigenvalue weighted by Gasteiger charge is 2.39. The quantitative estimate of drug-likeness (QED) is 0.852. The second-order valence-electron chi connectivity index (χ2n) is 4.33. The molecule has 0 fully saturated rings. The van der Waals surface area contributed by atoms with Crippen LogP contribution < -0.4 is 4.74 Å². The predicted octanol–water partition coefficient (Wildman–Crippen LogP) is 2.30. The van der Waals surface area contributed by atoms with Crippen molar-refractivity contribution in [1.29, 1.82) is 0 Å². The summed E-state index contributed by atoms with van der Waals surface area (Å²) in [6.07, 6.45) is 0.959. The molecule has 3 nitrogen and oxygen atoms in total. The van der Waals surface area contributed by atoms with Gasteiger partial charge in [0.05, 0.1) is 12.7 Å². The van der Waals surface area contributed by atoms with E-state index in [2.05, 4.69) is 6.92 Å². The normalized spacial score (nSPS) is 28.3. The summed E-state index contributed by atoms with van der Waals surface area (Å²) >= 11 is 0. The molecule has 1 aromatic carbocycles. The standard InChI is InChI=1S/C13H18O3/c1-3-13(9-15-2)8-11(14)10-6-4-5-7-12(10)16-13/h4-7,11,14H,3,8-9H2,1-2H3/t11-,13?/m1/s1. The monoisotopic (exact) mass is 222 g/mol. The van der Waals surface area contributed by atoms with Gasteiger partial charge in [-0.3, -0.25) is 0 Å². The van der Waals surface area contributed by atoms with Crippen LogP contribution in [0.15, 0.2) is 24.3 Å². The van der Waals surface area contributed by atoms with E-state index in [0.29, 0.717) is 13.0 Å². The fourth-order valence-corrected chi connectivity index (χ4v) is 2.26. The van der Waals surface area contributed by atoms with Crippen molar-refractivity contribution >= 4 is 0 Å². The summed E-state index contributed by atoms with van der Waals surface area (Å²) in [5.74, 6) is 0.778. The largest absolute Gasteiger partial charge is 0.484 e. The summed E-state index contributed by atoms with van der Waals surface area (Å²) in [6, 6.07) is 7.65. The van der Waals surface area contributed by atoms with Crippen molar-refractivity contribution in [3.8, 4) is 5.75 Å². The van der Waals surface area contributed by atoms with Crippen LogP contribution in [0.5, 0.6) is 5.75 Å². The first-order valence-electron chi connectivity index (χ1n) is 5.66. The maximum Gasteiger partial charge on any atom is 0.135 e. The molecule has 0 spiro atoms. The van der Waals surface area contributed by atoms with Gasteiger partial charge in [0, 0.05) is 19.1 Å². The van der Waals surface area contributed by atoms with Crippen LogP contribution in [0.4, 0.5) is 0 Å².